The van der Waals surface area contributed by atoms with Gasteiger partial charge < -0.3 is 4.74 Å². The molecule has 3 aliphatic carbocycles. The fourth-order valence-electron chi connectivity index (χ4n) is 4.12. The van der Waals surface area contributed by atoms with Crippen molar-refractivity contribution in [1.82, 2.24) is 0 Å². The van der Waals surface area contributed by atoms with Gasteiger partial charge in [-0.05, 0) is 37.2 Å². The van der Waals surface area contributed by atoms with Crippen LogP contribution in [0.3, 0.4) is 0 Å². The fourth-order valence-corrected chi connectivity index (χ4v) is 4.19. The SMILES string of the molecule is O=C(OCCCl)C1CC2CC1(C(=O)CCc1ccccc1)C2. The van der Waals surface area contributed by atoms with Gasteiger partial charge in [-0.15, -0.1) is 11.6 Å². The molecule has 3 saturated carbocycles. The van der Waals surface area contributed by atoms with Crippen LogP contribution in [-0.2, 0) is 20.7 Å². The minimum absolute atomic E-state index is 0.228. The van der Waals surface area contributed by atoms with E-state index in [0.29, 0.717) is 18.2 Å². The van der Waals surface area contributed by atoms with Gasteiger partial charge in [-0.2, -0.15) is 0 Å². The van der Waals surface area contributed by atoms with E-state index in [1.165, 1.54) is 5.56 Å². The van der Waals surface area contributed by atoms with Crippen LogP contribution in [0.1, 0.15) is 31.2 Å². The van der Waals surface area contributed by atoms with Gasteiger partial charge in [0.05, 0.1) is 11.8 Å². The second-order valence-corrected chi connectivity index (χ2v) is 6.86. The molecular weight excluding hydrogens is 300 g/mol. The van der Waals surface area contributed by atoms with Gasteiger partial charge in [0.25, 0.3) is 0 Å². The molecule has 3 nitrogen and oxygen atoms in total. The molecule has 118 valence electrons. The van der Waals surface area contributed by atoms with Crippen LogP contribution >= 0.6 is 11.6 Å². The highest BCUT2D eigenvalue weighted by molar-refractivity contribution is 6.18. The van der Waals surface area contributed by atoms with E-state index in [1.807, 2.05) is 30.3 Å². The summed E-state index contributed by atoms with van der Waals surface area (Å²) in [5.41, 5.74) is 0.727. The quantitative estimate of drug-likeness (QED) is 0.571. The Hall–Kier alpha value is -1.35. The molecule has 0 N–H and O–H groups in total. The van der Waals surface area contributed by atoms with Gasteiger partial charge in [-0.1, -0.05) is 30.3 Å². The zero-order valence-corrected chi connectivity index (χ0v) is 13.3. The van der Waals surface area contributed by atoms with Crippen LogP contribution in [0.2, 0.25) is 0 Å². The highest BCUT2D eigenvalue weighted by Gasteiger charge is 2.63. The number of rotatable bonds is 7. The molecule has 1 aromatic carbocycles. The zero-order valence-electron chi connectivity index (χ0n) is 12.6. The third-order valence-electron chi connectivity index (χ3n) is 5.19. The lowest BCUT2D eigenvalue weighted by Gasteiger charge is -2.39. The number of alkyl halides is 1. The summed E-state index contributed by atoms with van der Waals surface area (Å²) in [6, 6.07) is 10.0. The van der Waals surface area contributed by atoms with Crippen LogP contribution in [0.4, 0.5) is 0 Å². The van der Waals surface area contributed by atoms with Crippen molar-refractivity contribution in [2.45, 2.75) is 32.1 Å². The largest absolute Gasteiger partial charge is 0.464 e. The molecule has 0 spiro atoms. The van der Waals surface area contributed by atoms with Crippen molar-refractivity contribution in [3.8, 4) is 0 Å². The predicted octanol–water partition coefficient (Wildman–Crippen LogP) is 3.39. The number of benzene rings is 1. The summed E-state index contributed by atoms with van der Waals surface area (Å²) < 4.78 is 5.19. The number of ether oxygens (including phenoxy) is 1. The zero-order chi connectivity index (χ0) is 15.6. The molecule has 0 aliphatic heterocycles. The van der Waals surface area contributed by atoms with E-state index in [0.717, 1.165) is 25.7 Å². The number of halogens is 1. The average Bonchev–Trinajstić information content (AvgIpc) is 3.07. The van der Waals surface area contributed by atoms with Crippen LogP contribution in [0.5, 0.6) is 0 Å². The minimum Gasteiger partial charge on any atom is -0.464 e. The maximum atomic E-state index is 12.7. The molecule has 0 heterocycles. The summed E-state index contributed by atoms with van der Waals surface area (Å²) >= 11 is 5.57. The first-order valence-electron chi connectivity index (χ1n) is 7.95. The first kappa shape index (κ1) is 15.5. The van der Waals surface area contributed by atoms with Crippen LogP contribution in [-0.4, -0.2) is 24.2 Å². The minimum atomic E-state index is -0.442. The molecule has 3 fully saturated rings. The first-order valence-corrected chi connectivity index (χ1v) is 8.49. The number of Topliss-reactive ketones (excluding diaryl/α,β-unsaturated/α-hetero) is 1. The highest BCUT2D eigenvalue weighted by atomic mass is 35.5. The van der Waals surface area contributed by atoms with Gasteiger partial charge in [0.15, 0.2) is 0 Å². The number of aryl methyl sites for hydroxylation is 1. The molecule has 0 saturated heterocycles. The van der Waals surface area contributed by atoms with Gasteiger partial charge >= 0.3 is 5.97 Å². The van der Waals surface area contributed by atoms with Crippen LogP contribution in [0, 0.1) is 17.3 Å². The molecule has 0 radical (unpaired) electrons. The van der Waals surface area contributed by atoms with E-state index >= 15 is 0 Å². The number of ketones is 1. The number of hydrogen-bond donors (Lipinski definition) is 0. The third kappa shape index (κ3) is 2.79. The molecule has 22 heavy (non-hydrogen) atoms. The van der Waals surface area contributed by atoms with E-state index in [2.05, 4.69) is 0 Å². The molecule has 1 unspecified atom stereocenters. The molecule has 1 aromatic rings. The molecule has 3 aliphatic rings. The number of hydrogen-bond acceptors (Lipinski definition) is 3. The van der Waals surface area contributed by atoms with Gasteiger partial charge in [0, 0.05) is 11.8 Å². The summed E-state index contributed by atoms with van der Waals surface area (Å²) in [5.74, 6) is 0.585. The molecule has 4 rings (SSSR count). The standard InChI is InChI=1S/C18H21ClO3/c19-8-9-22-17(21)15-10-14-11-18(15,12-14)16(20)7-6-13-4-2-1-3-5-13/h1-5,14-15H,6-12H2. The Kier molecular flexibility index (Phi) is 4.53. The van der Waals surface area contributed by atoms with E-state index in [9.17, 15) is 9.59 Å². The van der Waals surface area contributed by atoms with E-state index in [1.54, 1.807) is 0 Å². The Balaban J connectivity index is 1.62. The summed E-state index contributed by atoms with van der Waals surface area (Å²) in [6.07, 6.45) is 3.78. The molecule has 4 heteroatoms. The number of carbonyl (C=O) groups is 2. The number of fused-ring (bicyclic) bond motifs is 1. The third-order valence-corrected chi connectivity index (χ3v) is 5.34. The van der Waals surface area contributed by atoms with E-state index in [4.69, 9.17) is 16.3 Å². The first-order chi connectivity index (χ1) is 10.7. The second-order valence-electron chi connectivity index (χ2n) is 6.48. The van der Waals surface area contributed by atoms with Crippen molar-refractivity contribution in [1.29, 1.82) is 0 Å². The van der Waals surface area contributed by atoms with E-state index in [-0.39, 0.29) is 24.3 Å². The summed E-state index contributed by atoms with van der Waals surface area (Å²) in [6.45, 7) is 0.232. The Morgan fingerprint density at radius 1 is 1.23 bits per heavy atom. The Bertz CT molecular complexity index is 549. The lowest BCUT2D eigenvalue weighted by molar-refractivity contribution is -0.156. The summed E-state index contributed by atoms with van der Waals surface area (Å²) in [7, 11) is 0. The van der Waals surface area contributed by atoms with Crippen molar-refractivity contribution < 1.29 is 14.3 Å². The van der Waals surface area contributed by atoms with Crippen molar-refractivity contribution in [2.24, 2.45) is 17.3 Å². The van der Waals surface area contributed by atoms with Crippen molar-refractivity contribution >= 4 is 23.4 Å². The van der Waals surface area contributed by atoms with Gasteiger partial charge in [0.2, 0.25) is 0 Å². The maximum Gasteiger partial charge on any atom is 0.310 e. The summed E-state index contributed by atoms with van der Waals surface area (Å²) in [4.78, 5) is 24.9. The molecule has 0 aromatic heterocycles. The highest BCUT2D eigenvalue weighted by Crippen LogP contribution is 2.63. The fraction of sp³-hybridized carbons (Fsp3) is 0.556. The smallest absolute Gasteiger partial charge is 0.310 e. The van der Waals surface area contributed by atoms with Gasteiger partial charge in [-0.25, -0.2) is 0 Å². The Morgan fingerprint density at radius 3 is 2.64 bits per heavy atom. The number of esters is 1. The lowest BCUT2D eigenvalue weighted by Crippen LogP contribution is -2.43. The van der Waals surface area contributed by atoms with Crippen molar-refractivity contribution in [2.75, 3.05) is 12.5 Å². The second kappa shape index (κ2) is 6.41. The molecule has 0 amide bonds. The monoisotopic (exact) mass is 320 g/mol. The van der Waals surface area contributed by atoms with Gasteiger partial charge in [-0.3, -0.25) is 9.59 Å². The molecule has 2 bridgehead atoms. The van der Waals surface area contributed by atoms with E-state index < -0.39 is 5.41 Å². The Labute approximate surface area is 136 Å². The predicted molar refractivity (Wildman–Crippen MR) is 84.7 cm³/mol. The Morgan fingerprint density at radius 2 is 1.95 bits per heavy atom. The molecular formula is C18H21ClO3. The topological polar surface area (TPSA) is 43.4 Å². The van der Waals surface area contributed by atoms with Crippen LogP contribution in [0.15, 0.2) is 30.3 Å². The van der Waals surface area contributed by atoms with Gasteiger partial charge in [0.1, 0.15) is 12.4 Å². The average molecular weight is 321 g/mol. The van der Waals surface area contributed by atoms with Crippen molar-refractivity contribution in [3.63, 3.8) is 0 Å². The van der Waals surface area contributed by atoms with Crippen LogP contribution < -0.4 is 0 Å². The van der Waals surface area contributed by atoms with Crippen molar-refractivity contribution in [3.05, 3.63) is 35.9 Å². The van der Waals surface area contributed by atoms with Crippen LogP contribution in [0.25, 0.3) is 0 Å². The molecule has 1 atom stereocenters. The normalized spacial score (nSPS) is 29.0. The summed E-state index contributed by atoms with van der Waals surface area (Å²) in [5, 5.41) is 0. The lowest BCUT2D eigenvalue weighted by atomic mass is 9.63. The number of carbonyl (C=O) groups excluding carboxylic acids is 2. The maximum absolute atomic E-state index is 12.7.